The van der Waals surface area contributed by atoms with Crippen LogP contribution in [0.2, 0.25) is 0 Å². The van der Waals surface area contributed by atoms with Crippen molar-refractivity contribution in [3.8, 4) is 23.0 Å². The lowest BCUT2D eigenvalue weighted by Gasteiger charge is -2.31. The van der Waals surface area contributed by atoms with E-state index in [2.05, 4.69) is 32.9 Å². The summed E-state index contributed by atoms with van der Waals surface area (Å²) in [5.74, 6) is -0.882. The molecular weight excluding hydrogens is 1250 g/mol. The maximum Gasteiger partial charge on any atom is 0.416 e. The van der Waals surface area contributed by atoms with Gasteiger partial charge < -0.3 is 62.9 Å². The number of ketones is 3. The van der Waals surface area contributed by atoms with Crippen molar-refractivity contribution in [2.24, 2.45) is 16.8 Å². The van der Waals surface area contributed by atoms with Crippen molar-refractivity contribution >= 4 is 81.3 Å². The van der Waals surface area contributed by atoms with Crippen molar-refractivity contribution in [1.29, 1.82) is 0 Å². The van der Waals surface area contributed by atoms with Crippen molar-refractivity contribution in [2.45, 2.75) is 117 Å². The number of aliphatic hydroxyl groups is 1. The third-order valence-electron chi connectivity index (χ3n) is 15.2. The van der Waals surface area contributed by atoms with E-state index in [4.69, 9.17) is 42.6 Å². The van der Waals surface area contributed by atoms with Gasteiger partial charge in [0.25, 0.3) is 11.8 Å². The summed E-state index contributed by atoms with van der Waals surface area (Å²) in [6.07, 6.45) is 9.09. The highest BCUT2D eigenvalue weighted by molar-refractivity contribution is 14.1. The highest BCUT2D eigenvalue weighted by Crippen LogP contribution is 2.43. The molecule has 0 aromatic heterocycles. The zero-order chi connectivity index (χ0) is 63.3. The predicted molar refractivity (Wildman–Crippen MR) is 336 cm³/mol. The third kappa shape index (κ3) is 18.8. The Morgan fingerprint density at radius 3 is 1.98 bits per heavy atom. The van der Waals surface area contributed by atoms with Crippen LogP contribution in [0.15, 0.2) is 89.2 Å². The molecule has 88 heavy (non-hydrogen) atoms. The molecule has 7 rings (SSSR count). The number of aliphatic imine (C=N–C) groups is 1. The van der Waals surface area contributed by atoms with Crippen LogP contribution in [0.25, 0.3) is 0 Å². The van der Waals surface area contributed by atoms with Gasteiger partial charge in [0.2, 0.25) is 5.91 Å². The van der Waals surface area contributed by atoms with E-state index in [0.29, 0.717) is 110 Å². The van der Waals surface area contributed by atoms with E-state index >= 15 is 0 Å². The van der Waals surface area contributed by atoms with E-state index in [1.54, 1.807) is 60.6 Å². The molecule has 4 aliphatic heterocycles. The topological polar surface area (TPSA) is 257 Å². The minimum Gasteiger partial charge on any atom is -0.493 e. The fourth-order valence-corrected chi connectivity index (χ4v) is 10.7. The largest absolute Gasteiger partial charge is 0.493 e. The highest BCUT2D eigenvalue weighted by atomic mass is 127. The molecule has 0 saturated carbocycles. The molecule has 2 N–H and O–H groups in total. The van der Waals surface area contributed by atoms with Crippen molar-refractivity contribution in [3.05, 3.63) is 106 Å². The average molecular weight is 1330 g/mol. The number of aliphatic hydroxyl groups excluding tert-OH is 1. The van der Waals surface area contributed by atoms with Gasteiger partial charge in [0.1, 0.15) is 18.2 Å². The number of fused-ring (bicyclic) bond motifs is 4. The summed E-state index contributed by atoms with van der Waals surface area (Å²) < 4.78 is 52.1. The molecule has 22 nitrogen and oxygen atoms in total. The van der Waals surface area contributed by atoms with E-state index in [0.717, 1.165) is 16.0 Å². The number of anilines is 1. The molecule has 3 aromatic rings. The van der Waals surface area contributed by atoms with Gasteiger partial charge in [-0.3, -0.25) is 33.8 Å². The normalized spacial score (nSPS) is 17.5. The second-order valence-electron chi connectivity index (χ2n) is 22.1. The Morgan fingerprint density at radius 1 is 0.727 bits per heavy atom. The molecule has 0 unspecified atom stereocenters. The number of carbonyl (C=O) groups is 7. The minimum absolute atomic E-state index is 0.0000276. The van der Waals surface area contributed by atoms with Gasteiger partial charge in [-0.25, -0.2) is 9.69 Å². The number of rotatable bonds is 36. The number of allylic oxidation sites excluding steroid dienone is 2. The van der Waals surface area contributed by atoms with E-state index in [9.17, 15) is 38.7 Å². The molecule has 0 bridgehead atoms. The van der Waals surface area contributed by atoms with Crippen molar-refractivity contribution in [3.63, 3.8) is 0 Å². The van der Waals surface area contributed by atoms with Crippen molar-refractivity contribution in [1.82, 2.24) is 15.1 Å². The first kappa shape index (κ1) is 68.5. The van der Waals surface area contributed by atoms with Gasteiger partial charge in [0, 0.05) is 75.4 Å². The smallest absolute Gasteiger partial charge is 0.416 e. The standard InChI is InChI=1S/C65H82IN5O17/c1-8-11-46-29-55-64(78)71(54-35-60(58(81-7)33-52(54)63(77)70(55)39-46)87-20-10-19-86-59-34-53-51(32-57(59)80-6)62(76)69-38-42(4)28-47(69)37-67-53)65(79)88-40-45-15-13-44(14-16-45)30-56(74)43(5)68-61(75)50(41(2)3)31-48(72)17-21-83-23-25-85-27-26-84-24-22-82-18-9-12-49(73)36-66/h8,11,13-16,32-35,37-39,41,43,47,50,55,64,78H,9-10,12,17-31,36,40H2,1-7H3,(H,68,75)/b11-8+/t43-,47-,50-,55-,64-/m0/s1. The van der Waals surface area contributed by atoms with Crippen LogP contribution >= 0.6 is 22.6 Å². The molecule has 0 aliphatic carbocycles. The molecule has 4 heterocycles. The number of alkyl halides is 1. The average Bonchev–Trinajstić information content (AvgIpc) is 1.82. The molecule has 4 amide bonds. The Balaban J connectivity index is 0.884. The Bertz CT molecular complexity index is 3070. The zero-order valence-corrected chi connectivity index (χ0v) is 53.4. The number of methoxy groups -OCH3 is 2. The Kier molecular flexibility index (Phi) is 26.5. The molecule has 0 saturated heterocycles. The summed E-state index contributed by atoms with van der Waals surface area (Å²) in [5.41, 5.74) is 4.04. The molecule has 476 valence electrons. The number of amides is 4. The lowest BCUT2D eigenvalue weighted by atomic mass is 9.88. The summed E-state index contributed by atoms with van der Waals surface area (Å²) in [4.78, 5) is 102. The molecule has 0 spiro atoms. The van der Waals surface area contributed by atoms with Gasteiger partial charge in [0.05, 0.1) is 119 Å². The second kappa shape index (κ2) is 34.1. The quantitative estimate of drug-likeness (QED) is 0.0314. The maximum absolute atomic E-state index is 14.4. The van der Waals surface area contributed by atoms with Crippen LogP contribution in [0.5, 0.6) is 23.0 Å². The number of halogens is 1. The number of nitrogens with one attached hydrogen (secondary N) is 1. The van der Waals surface area contributed by atoms with Gasteiger partial charge in [-0.15, -0.1) is 0 Å². The first-order chi connectivity index (χ1) is 42.4. The summed E-state index contributed by atoms with van der Waals surface area (Å²) in [6.45, 7) is 12.2. The molecule has 23 heteroatoms. The molecule has 0 radical (unpaired) electrons. The molecule has 5 atom stereocenters. The molecule has 4 aliphatic rings. The number of Topliss-reactive ketones (excluding diaryl/α,β-unsaturated/α-hetero) is 3. The lowest BCUT2D eigenvalue weighted by molar-refractivity contribution is -0.133. The van der Waals surface area contributed by atoms with Gasteiger partial charge in [-0.05, 0) is 74.8 Å². The number of hydrogen-bond acceptors (Lipinski definition) is 18. The summed E-state index contributed by atoms with van der Waals surface area (Å²) in [7, 11) is 2.92. The maximum atomic E-state index is 14.4. The number of nitrogens with zero attached hydrogens (tertiary/aromatic N) is 4. The van der Waals surface area contributed by atoms with Crippen LogP contribution in [0.1, 0.15) is 111 Å². The van der Waals surface area contributed by atoms with Gasteiger partial charge in [0.15, 0.2) is 35.0 Å². The van der Waals surface area contributed by atoms with E-state index in [-0.39, 0.29) is 110 Å². The fourth-order valence-electron chi connectivity index (χ4n) is 10.4. The van der Waals surface area contributed by atoms with E-state index in [1.807, 2.05) is 46.0 Å². The highest BCUT2D eigenvalue weighted by Gasteiger charge is 2.45. The summed E-state index contributed by atoms with van der Waals surface area (Å²) in [5, 5.41) is 14.9. The first-order valence-electron chi connectivity index (χ1n) is 29.8. The summed E-state index contributed by atoms with van der Waals surface area (Å²) >= 11 is 2.06. The Labute approximate surface area is 528 Å². The second-order valence-corrected chi connectivity index (χ2v) is 22.9. The zero-order valence-electron chi connectivity index (χ0n) is 51.3. The van der Waals surface area contributed by atoms with Gasteiger partial charge in [-0.1, -0.05) is 78.4 Å². The molecular formula is C65H82IN5O17. The third-order valence-corrected chi connectivity index (χ3v) is 16.1. The van der Waals surface area contributed by atoms with Crippen LogP contribution in [0.3, 0.4) is 0 Å². The van der Waals surface area contributed by atoms with Gasteiger partial charge >= 0.3 is 6.09 Å². The monoisotopic (exact) mass is 1330 g/mol. The predicted octanol–water partition coefficient (Wildman–Crippen LogP) is 8.62. The van der Waals surface area contributed by atoms with E-state index < -0.39 is 42.1 Å². The minimum atomic E-state index is -1.56. The SMILES string of the molecule is C/C=C/C1=CN2C(=O)c3cc(OC)c(OCCCOc4cc5c(cc4OC)C(=O)N4C=C(C)C[C@H]4C=N5)cc3N(C(=O)OCc3ccc(CC(=O)[C@H](C)NC(=O)[C@@H](CC(=O)CCOCCOCCOCCOCCCC(=O)CI)C(C)C)cc3)[C@@H](O)[C@@H]2C1. The lowest BCUT2D eigenvalue weighted by Crippen LogP contribution is -2.50. The van der Waals surface area contributed by atoms with Crippen LogP contribution in [-0.4, -0.2) is 171 Å². The number of ether oxygens (including phenoxy) is 9. The summed E-state index contributed by atoms with van der Waals surface area (Å²) in [6, 6.07) is 11.2. The van der Waals surface area contributed by atoms with Crippen LogP contribution in [0.4, 0.5) is 16.2 Å². The van der Waals surface area contributed by atoms with Crippen LogP contribution < -0.4 is 29.2 Å². The first-order valence-corrected chi connectivity index (χ1v) is 31.3. The molecule has 0 fully saturated rings. The van der Waals surface area contributed by atoms with Crippen LogP contribution in [0, 0.1) is 11.8 Å². The van der Waals surface area contributed by atoms with Crippen molar-refractivity contribution in [2.75, 3.05) is 89.6 Å². The molecule has 3 aromatic carbocycles. The Hall–Kier alpha value is -7.03. The number of hydrogen-bond donors (Lipinski definition) is 2. The number of carbonyl (C=O) groups excluding carboxylic acids is 7. The van der Waals surface area contributed by atoms with Crippen molar-refractivity contribution < 1.29 is 81.3 Å². The Morgan fingerprint density at radius 2 is 1.34 bits per heavy atom. The van der Waals surface area contributed by atoms with E-state index in [1.165, 1.54) is 31.3 Å². The van der Waals surface area contributed by atoms with Crippen LogP contribution in [-0.2, 0) is 55.9 Å². The van der Waals surface area contributed by atoms with Gasteiger partial charge in [-0.2, -0.15) is 0 Å². The number of benzene rings is 3. The fraction of sp³-hybridized carbons (Fsp3) is 0.508.